The van der Waals surface area contributed by atoms with Gasteiger partial charge in [0.2, 0.25) is 10.0 Å². The Bertz CT molecular complexity index is 673. The summed E-state index contributed by atoms with van der Waals surface area (Å²) in [4.78, 5) is 4.99. The fourth-order valence-corrected chi connectivity index (χ4v) is 4.20. The van der Waals surface area contributed by atoms with Gasteiger partial charge in [-0.3, -0.25) is 0 Å². The lowest BCUT2D eigenvalue weighted by molar-refractivity contribution is 0.581. The van der Waals surface area contributed by atoms with E-state index in [1.165, 1.54) is 18.3 Å². The molecular weight excluding hydrogens is 372 g/mol. The Morgan fingerprint density at radius 2 is 2.16 bits per heavy atom. The smallest absolute Gasteiger partial charge is 0.240 e. The van der Waals surface area contributed by atoms with Crippen LogP contribution in [0.5, 0.6) is 0 Å². The number of thiophene rings is 1. The van der Waals surface area contributed by atoms with E-state index in [9.17, 15) is 8.42 Å². The fraction of sp³-hybridized carbons (Fsp3) is 0.182. The van der Waals surface area contributed by atoms with Crippen molar-refractivity contribution < 1.29 is 8.42 Å². The maximum atomic E-state index is 12.0. The molecule has 1 N–H and O–H groups in total. The zero-order valence-corrected chi connectivity index (χ0v) is 13.6. The quantitative estimate of drug-likeness (QED) is 0.810. The molecule has 102 valence electrons. The molecule has 2 rings (SSSR count). The van der Waals surface area contributed by atoms with Gasteiger partial charge >= 0.3 is 0 Å². The Hall–Kier alpha value is -0.470. The molecule has 0 fully saturated rings. The van der Waals surface area contributed by atoms with E-state index in [0.717, 1.165) is 8.66 Å². The second kappa shape index (κ2) is 6.32. The van der Waals surface area contributed by atoms with Gasteiger partial charge in [-0.25, -0.2) is 18.1 Å². The van der Waals surface area contributed by atoms with Crippen molar-refractivity contribution in [2.24, 2.45) is 0 Å². The van der Waals surface area contributed by atoms with Crippen molar-refractivity contribution in [3.8, 4) is 0 Å². The van der Waals surface area contributed by atoms with Gasteiger partial charge in [0.05, 0.1) is 8.68 Å². The van der Waals surface area contributed by atoms with Crippen LogP contribution in [0.3, 0.4) is 0 Å². The van der Waals surface area contributed by atoms with Gasteiger partial charge in [-0.1, -0.05) is 11.6 Å². The lowest BCUT2D eigenvalue weighted by atomic mass is 10.3. The molecule has 0 aromatic carbocycles. The van der Waals surface area contributed by atoms with Crippen molar-refractivity contribution in [2.45, 2.75) is 11.3 Å². The van der Waals surface area contributed by atoms with Crippen LogP contribution in [0.4, 0.5) is 0 Å². The molecule has 2 heterocycles. The second-order valence-corrected chi connectivity index (χ2v) is 8.37. The molecule has 0 atom stereocenters. The number of nitrogens with zero attached hydrogens (tertiary/aromatic N) is 1. The highest BCUT2D eigenvalue weighted by molar-refractivity contribution is 9.11. The topological polar surface area (TPSA) is 59.1 Å². The number of nitrogens with one attached hydrogen (secondary N) is 1. The van der Waals surface area contributed by atoms with Gasteiger partial charge in [-0.15, -0.1) is 11.3 Å². The van der Waals surface area contributed by atoms with Crippen LogP contribution < -0.4 is 4.72 Å². The zero-order valence-electron chi connectivity index (χ0n) is 9.64. The maximum absolute atomic E-state index is 12.0. The molecule has 0 saturated carbocycles. The summed E-state index contributed by atoms with van der Waals surface area (Å²) >= 11 is 10.6. The molecule has 0 bridgehead atoms. The molecule has 0 unspecified atom stereocenters. The van der Waals surface area contributed by atoms with Crippen molar-refractivity contribution in [3.05, 3.63) is 44.3 Å². The van der Waals surface area contributed by atoms with E-state index in [1.807, 2.05) is 12.1 Å². The van der Waals surface area contributed by atoms with Gasteiger partial charge in [-0.05, 0) is 46.6 Å². The van der Waals surface area contributed by atoms with Gasteiger partial charge in [0.15, 0.2) is 0 Å². The standard InChI is InChI=1S/C11H10BrClN2O2S2/c12-10-2-1-8(18-10)3-6-15-19(16,17)9-4-5-14-11(13)7-9/h1-2,4-5,7,15H,3,6H2. The van der Waals surface area contributed by atoms with Gasteiger partial charge in [0.25, 0.3) is 0 Å². The van der Waals surface area contributed by atoms with E-state index in [2.05, 4.69) is 25.6 Å². The van der Waals surface area contributed by atoms with E-state index in [-0.39, 0.29) is 10.0 Å². The molecule has 0 aliphatic carbocycles. The van der Waals surface area contributed by atoms with Crippen LogP contribution in [-0.2, 0) is 16.4 Å². The largest absolute Gasteiger partial charge is 0.244 e. The minimum atomic E-state index is -3.53. The van der Waals surface area contributed by atoms with Gasteiger partial charge in [0, 0.05) is 17.6 Å². The Kier molecular flexibility index (Phi) is 4.97. The molecule has 0 aliphatic rings. The predicted molar refractivity (Wildman–Crippen MR) is 80.2 cm³/mol. The summed E-state index contributed by atoms with van der Waals surface area (Å²) in [5.41, 5.74) is 0. The predicted octanol–water partition coefficient (Wildman–Crippen LogP) is 3.08. The molecule has 2 aromatic rings. The lowest BCUT2D eigenvalue weighted by Gasteiger charge is -2.05. The van der Waals surface area contributed by atoms with Crippen molar-refractivity contribution in [3.63, 3.8) is 0 Å². The van der Waals surface area contributed by atoms with E-state index < -0.39 is 10.0 Å². The molecule has 8 heteroatoms. The molecule has 4 nitrogen and oxygen atoms in total. The van der Waals surface area contributed by atoms with E-state index >= 15 is 0 Å². The highest BCUT2D eigenvalue weighted by atomic mass is 79.9. The number of aromatic nitrogens is 1. The summed E-state index contributed by atoms with van der Waals surface area (Å²) in [5.74, 6) is 0. The third kappa shape index (κ3) is 4.25. The summed E-state index contributed by atoms with van der Waals surface area (Å²) in [6.45, 7) is 0.342. The summed E-state index contributed by atoms with van der Waals surface area (Å²) in [7, 11) is -3.53. The van der Waals surface area contributed by atoms with Gasteiger partial charge in [-0.2, -0.15) is 0 Å². The Morgan fingerprint density at radius 1 is 1.37 bits per heavy atom. The van der Waals surface area contributed by atoms with Crippen LogP contribution in [0, 0.1) is 0 Å². The monoisotopic (exact) mass is 380 g/mol. The van der Waals surface area contributed by atoms with Crippen molar-refractivity contribution in [2.75, 3.05) is 6.54 Å². The molecule has 0 saturated heterocycles. The molecule has 0 spiro atoms. The number of halogens is 2. The fourth-order valence-electron chi connectivity index (χ4n) is 1.43. The normalized spacial score (nSPS) is 11.7. The van der Waals surface area contributed by atoms with Crippen LogP contribution in [0.15, 0.2) is 39.1 Å². The molecule has 0 radical (unpaired) electrons. The first-order valence-electron chi connectivity index (χ1n) is 5.33. The van der Waals surface area contributed by atoms with Crippen molar-refractivity contribution >= 4 is 48.9 Å². The van der Waals surface area contributed by atoms with E-state index in [1.54, 1.807) is 11.3 Å². The van der Waals surface area contributed by atoms with Crippen LogP contribution in [0.2, 0.25) is 5.15 Å². The lowest BCUT2D eigenvalue weighted by Crippen LogP contribution is -2.25. The van der Waals surface area contributed by atoms with Gasteiger partial charge in [0.1, 0.15) is 5.15 Å². The maximum Gasteiger partial charge on any atom is 0.240 e. The minimum absolute atomic E-state index is 0.125. The summed E-state index contributed by atoms with van der Waals surface area (Å²) in [6.07, 6.45) is 2.02. The summed E-state index contributed by atoms with van der Waals surface area (Å²) in [6, 6.07) is 6.64. The first-order valence-corrected chi connectivity index (χ1v) is 8.80. The highest BCUT2D eigenvalue weighted by Gasteiger charge is 2.14. The number of hydrogen-bond acceptors (Lipinski definition) is 4. The summed E-state index contributed by atoms with van der Waals surface area (Å²) < 4.78 is 27.5. The molecule has 0 aliphatic heterocycles. The number of rotatable bonds is 5. The number of sulfonamides is 1. The Balaban J connectivity index is 1.98. The molecular formula is C11H10BrClN2O2S2. The Morgan fingerprint density at radius 3 is 2.79 bits per heavy atom. The first-order chi connectivity index (χ1) is 8.97. The third-order valence-electron chi connectivity index (χ3n) is 2.30. The van der Waals surface area contributed by atoms with Gasteiger partial charge < -0.3 is 0 Å². The number of pyridine rings is 1. The van der Waals surface area contributed by atoms with E-state index in [4.69, 9.17) is 11.6 Å². The summed E-state index contributed by atoms with van der Waals surface area (Å²) in [5, 5.41) is 0.157. The van der Waals surface area contributed by atoms with E-state index in [0.29, 0.717) is 13.0 Å². The number of hydrogen-bond donors (Lipinski definition) is 1. The average Bonchev–Trinajstić information content (AvgIpc) is 2.75. The minimum Gasteiger partial charge on any atom is -0.244 e. The van der Waals surface area contributed by atoms with Crippen molar-refractivity contribution in [1.82, 2.24) is 9.71 Å². The van der Waals surface area contributed by atoms with Crippen molar-refractivity contribution in [1.29, 1.82) is 0 Å². The van der Waals surface area contributed by atoms with Crippen LogP contribution >= 0.6 is 38.9 Å². The zero-order chi connectivity index (χ0) is 13.9. The molecule has 2 aromatic heterocycles. The second-order valence-electron chi connectivity index (χ2n) is 3.67. The first kappa shape index (κ1) is 14.9. The average molecular weight is 382 g/mol. The Labute approximate surface area is 129 Å². The highest BCUT2D eigenvalue weighted by Crippen LogP contribution is 2.22. The molecule has 19 heavy (non-hydrogen) atoms. The SMILES string of the molecule is O=S(=O)(NCCc1ccc(Br)s1)c1ccnc(Cl)c1. The van der Waals surface area contributed by atoms with Crippen LogP contribution in [0.1, 0.15) is 4.88 Å². The third-order valence-corrected chi connectivity index (χ3v) is 5.65. The molecule has 0 amide bonds. The van der Waals surface area contributed by atoms with Crippen LogP contribution in [0.25, 0.3) is 0 Å². The van der Waals surface area contributed by atoms with Crippen LogP contribution in [-0.4, -0.2) is 19.9 Å².